The van der Waals surface area contributed by atoms with Crippen LogP contribution in [0.5, 0.6) is 5.75 Å². The van der Waals surface area contributed by atoms with E-state index in [4.69, 9.17) is 15.7 Å². The van der Waals surface area contributed by atoms with Crippen molar-refractivity contribution in [1.82, 2.24) is 5.32 Å². The molecule has 4 heteroatoms. The predicted octanol–water partition coefficient (Wildman–Crippen LogP) is 1.01. The summed E-state index contributed by atoms with van der Waals surface area (Å²) >= 11 is 0. The van der Waals surface area contributed by atoms with Gasteiger partial charge in [-0.15, -0.1) is 0 Å². The second kappa shape index (κ2) is 6.83. The van der Waals surface area contributed by atoms with Crippen LogP contribution in [0, 0.1) is 11.3 Å². The lowest BCUT2D eigenvalue weighted by Gasteiger charge is -2.07. The van der Waals surface area contributed by atoms with Crippen molar-refractivity contribution < 1.29 is 4.74 Å². The van der Waals surface area contributed by atoms with Crippen molar-refractivity contribution in [3.05, 3.63) is 29.3 Å². The van der Waals surface area contributed by atoms with Gasteiger partial charge in [-0.25, -0.2) is 0 Å². The van der Waals surface area contributed by atoms with Gasteiger partial charge in [0.15, 0.2) is 0 Å². The second-order valence-corrected chi connectivity index (χ2v) is 3.47. The van der Waals surface area contributed by atoms with E-state index in [1.807, 2.05) is 18.2 Å². The molecule has 0 spiro atoms. The van der Waals surface area contributed by atoms with Gasteiger partial charge in [0.1, 0.15) is 11.8 Å². The zero-order valence-corrected chi connectivity index (χ0v) is 9.49. The number of nitriles is 1. The molecule has 16 heavy (non-hydrogen) atoms. The van der Waals surface area contributed by atoms with Crippen molar-refractivity contribution in [1.29, 1.82) is 5.26 Å². The third-order valence-corrected chi connectivity index (χ3v) is 2.27. The maximum atomic E-state index is 8.92. The number of methoxy groups -OCH3 is 1. The SMILES string of the molecule is COc1ccc(CNCCCN)cc1C#N. The smallest absolute Gasteiger partial charge is 0.136 e. The molecule has 0 radical (unpaired) electrons. The second-order valence-electron chi connectivity index (χ2n) is 3.47. The van der Waals surface area contributed by atoms with E-state index in [1.165, 1.54) is 0 Å². The molecule has 4 nitrogen and oxygen atoms in total. The number of rotatable bonds is 6. The Balaban J connectivity index is 2.58. The Morgan fingerprint density at radius 3 is 2.94 bits per heavy atom. The average molecular weight is 219 g/mol. The van der Waals surface area contributed by atoms with Crippen molar-refractivity contribution in [3.8, 4) is 11.8 Å². The van der Waals surface area contributed by atoms with Gasteiger partial charge in [-0.3, -0.25) is 0 Å². The summed E-state index contributed by atoms with van der Waals surface area (Å²) in [5.74, 6) is 0.619. The van der Waals surface area contributed by atoms with E-state index in [-0.39, 0.29) is 0 Å². The van der Waals surface area contributed by atoms with Crippen LogP contribution in [-0.4, -0.2) is 20.2 Å². The number of ether oxygens (including phenoxy) is 1. The summed E-state index contributed by atoms with van der Waals surface area (Å²) in [6.45, 7) is 2.34. The number of benzene rings is 1. The molecule has 0 bridgehead atoms. The first-order valence-corrected chi connectivity index (χ1v) is 5.29. The van der Waals surface area contributed by atoms with Gasteiger partial charge in [-0.05, 0) is 37.2 Å². The molecule has 0 unspecified atom stereocenters. The first-order chi connectivity index (χ1) is 7.81. The minimum atomic E-state index is 0.570. The molecule has 0 atom stereocenters. The lowest BCUT2D eigenvalue weighted by atomic mass is 10.1. The quantitative estimate of drug-likeness (QED) is 0.700. The summed E-state index contributed by atoms with van der Waals surface area (Å²) in [5.41, 5.74) is 7.04. The average Bonchev–Trinajstić information content (AvgIpc) is 2.34. The number of hydrogen-bond donors (Lipinski definition) is 2. The van der Waals surface area contributed by atoms with Crippen LogP contribution in [0.3, 0.4) is 0 Å². The fraction of sp³-hybridized carbons (Fsp3) is 0.417. The maximum absolute atomic E-state index is 8.92. The zero-order chi connectivity index (χ0) is 11.8. The van der Waals surface area contributed by atoms with E-state index in [0.717, 1.165) is 25.1 Å². The molecule has 1 rings (SSSR count). The first-order valence-electron chi connectivity index (χ1n) is 5.29. The third-order valence-electron chi connectivity index (χ3n) is 2.27. The number of hydrogen-bond acceptors (Lipinski definition) is 4. The van der Waals surface area contributed by atoms with Crippen LogP contribution in [0.1, 0.15) is 17.5 Å². The monoisotopic (exact) mass is 219 g/mol. The largest absolute Gasteiger partial charge is 0.495 e. The van der Waals surface area contributed by atoms with Gasteiger partial charge >= 0.3 is 0 Å². The molecule has 0 aliphatic heterocycles. The van der Waals surface area contributed by atoms with Gasteiger partial charge in [0.2, 0.25) is 0 Å². The van der Waals surface area contributed by atoms with Gasteiger partial charge in [-0.2, -0.15) is 5.26 Å². The number of nitrogens with one attached hydrogen (secondary N) is 1. The van der Waals surface area contributed by atoms with Crippen molar-refractivity contribution in [3.63, 3.8) is 0 Å². The molecule has 0 aromatic heterocycles. The molecule has 1 aromatic rings. The highest BCUT2D eigenvalue weighted by atomic mass is 16.5. The highest BCUT2D eigenvalue weighted by Gasteiger charge is 2.02. The Morgan fingerprint density at radius 1 is 1.50 bits per heavy atom. The van der Waals surface area contributed by atoms with E-state index in [1.54, 1.807) is 7.11 Å². The molecule has 3 N–H and O–H groups in total. The van der Waals surface area contributed by atoms with Crippen LogP contribution in [0.4, 0.5) is 0 Å². The molecule has 0 heterocycles. The van der Waals surface area contributed by atoms with Crippen LogP contribution in [-0.2, 0) is 6.54 Å². The van der Waals surface area contributed by atoms with E-state index >= 15 is 0 Å². The van der Waals surface area contributed by atoms with Crippen LogP contribution >= 0.6 is 0 Å². The molecule has 1 aromatic carbocycles. The van der Waals surface area contributed by atoms with Gasteiger partial charge in [0.05, 0.1) is 12.7 Å². The predicted molar refractivity (Wildman–Crippen MR) is 63.1 cm³/mol. The summed E-state index contributed by atoms with van der Waals surface area (Å²) in [5, 5.41) is 12.2. The van der Waals surface area contributed by atoms with Crippen LogP contribution in [0.15, 0.2) is 18.2 Å². The van der Waals surface area contributed by atoms with Gasteiger partial charge < -0.3 is 15.8 Å². The topological polar surface area (TPSA) is 71.1 Å². The van der Waals surface area contributed by atoms with Crippen molar-refractivity contribution in [2.24, 2.45) is 5.73 Å². The summed E-state index contributed by atoms with van der Waals surface area (Å²) in [6.07, 6.45) is 0.960. The first kappa shape index (κ1) is 12.5. The van der Waals surface area contributed by atoms with Crippen LogP contribution in [0.25, 0.3) is 0 Å². The number of nitrogens with zero attached hydrogens (tertiary/aromatic N) is 1. The Bertz CT molecular complexity index is 371. The molecule has 0 saturated heterocycles. The molecule has 0 fully saturated rings. The van der Waals surface area contributed by atoms with E-state index < -0.39 is 0 Å². The highest BCUT2D eigenvalue weighted by molar-refractivity contribution is 5.45. The fourth-order valence-corrected chi connectivity index (χ4v) is 1.41. The maximum Gasteiger partial charge on any atom is 0.136 e. The lowest BCUT2D eigenvalue weighted by Crippen LogP contribution is -2.17. The van der Waals surface area contributed by atoms with E-state index in [0.29, 0.717) is 17.9 Å². The Labute approximate surface area is 96.0 Å². The van der Waals surface area contributed by atoms with E-state index in [2.05, 4.69) is 11.4 Å². The molecule has 0 aliphatic rings. The summed E-state index contributed by atoms with van der Waals surface area (Å²) in [7, 11) is 1.56. The highest BCUT2D eigenvalue weighted by Crippen LogP contribution is 2.18. The van der Waals surface area contributed by atoms with Gasteiger partial charge in [0, 0.05) is 6.54 Å². The Morgan fingerprint density at radius 2 is 2.31 bits per heavy atom. The lowest BCUT2D eigenvalue weighted by molar-refractivity contribution is 0.413. The zero-order valence-electron chi connectivity index (χ0n) is 9.49. The Hall–Kier alpha value is -1.57. The molecular weight excluding hydrogens is 202 g/mol. The molecule has 0 amide bonds. The van der Waals surface area contributed by atoms with Crippen LogP contribution < -0.4 is 15.8 Å². The van der Waals surface area contributed by atoms with E-state index in [9.17, 15) is 0 Å². The molecule has 0 aliphatic carbocycles. The minimum Gasteiger partial charge on any atom is -0.495 e. The fourth-order valence-electron chi connectivity index (χ4n) is 1.41. The van der Waals surface area contributed by atoms with Gasteiger partial charge in [-0.1, -0.05) is 6.07 Å². The summed E-state index contributed by atoms with van der Waals surface area (Å²) < 4.78 is 5.07. The van der Waals surface area contributed by atoms with Crippen molar-refractivity contribution in [2.75, 3.05) is 20.2 Å². The standard InChI is InChI=1S/C12H17N3O/c1-16-12-4-3-10(7-11(12)8-14)9-15-6-2-5-13/h3-4,7,15H,2,5-6,9,13H2,1H3. The summed E-state index contributed by atoms with van der Waals surface area (Å²) in [4.78, 5) is 0. The normalized spacial score (nSPS) is 9.81. The molecule has 0 saturated carbocycles. The Kier molecular flexibility index (Phi) is 5.34. The van der Waals surface area contributed by atoms with Crippen LogP contribution in [0.2, 0.25) is 0 Å². The third kappa shape index (κ3) is 3.54. The summed E-state index contributed by atoms with van der Waals surface area (Å²) in [6, 6.07) is 7.73. The molecule has 86 valence electrons. The van der Waals surface area contributed by atoms with Gasteiger partial charge in [0.25, 0.3) is 0 Å². The number of nitrogens with two attached hydrogens (primary N) is 1. The minimum absolute atomic E-state index is 0.570. The molecular formula is C12H17N3O. The van der Waals surface area contributed by atoms with Crippen molar-refractivity contribution in [2.45, 2.75) is 13.0 Å². The van der Waals surface area contributed by atoms with Crippen molar-refractivity contribution >= 4 is 0 Å².